The second kappa shape index (κ2) is 7.10. The molecule has 4 nitrogen and oxygen atoms in total. The first-order chi connectivity index (χ1) is 10.8. The number of ether oxygens (including phenoxy) is 1. The van der Waals surface area contributed by atoms with Gasteiger partial charge in [-0.15, -0.1) is 0 Å². The lowest BCUT2D eigenvalue weighted by molar-refractivity contribution is 0.321. The monoisotopic (exact) mass is 337 g/mol. The van der Waals surface area contributed by atoms with Crippen LogP contribution in [0.1, 0.15) is 16.7 Å². The van der Waals surface area contributed by atoms with Crippen LogP contribution < -0.4 is 9.46 Å². The summed E-state index contributed by atoms with van der Waals surface area (Å²) in [5, 5.41) is 0. The van der Waals surface area contributed by atoms with Gasteiger partial charge in [-0.25, -0.2) is 17.5 Å². The van der Waals surface area contributed by atoms with Gasteiger partial charge in [-0.1, -0.05) is 23.8 Å². The molecule has 2 aromatic rings. The number of rotatable bonds is 6. The molecule has 0 radical (unpaired) electrons. The van der Waals surface area contributed by atoms with Gasteiger partial charge in [-0.2, -0.15) is 0 Å². The van der Waals surface area contributed by atoms with Crippen molar-refractivity contribution in [1.82, 2.24) is 4.72 Å². The van der Waals surface area contributed by atoms with Crippen LogP contribution in [-0.4, -0.2) is 21.6 Å². The Balaban J connectivity index is 2.00. The Morgan fingerprint density at radius 2 is 1.74 bits per heavy atom. The van der Waals surface area contributed by atoms with Crippen molar-refractivity contribution in [3.63, 3.8) is 0 Å². The molecule has 0 spiro atoms. The number of halogens is 1. The molecule has 0 atom stereocenters. The Morgan fingerprint density at radius 1 is 1.09 bits per heavy atom. The Hall–Kier alpha value is -1.92. The van der Waals surface area contributed by atoms with E-state index in [0.29, 0.717) is 21.8 Å². The molecule has 0 heterocycles. The van der Waals surface area contributed by atoms with Crippen LogP contribution in [0.15, 0.2) is 41.3 Å². The molecule has 0 unspecified atom stereocenters. The summed E-state index contributed by atoms with van der Waals surface area (Å²) in [6.45, 7) is 5.70. The number of aryl methyl sites for hydroxylation is 3. The topological polar surface area (TPSA) is 55.4 Å². The van der Waals surface area contributed by atoms with Crippen LogP contribution in [0.25, 0.3) is 0 Å². The summed E-state index contributed by atoms with van der Waals surface area (Å²) in [6.07, 6.45) is 0. The smallest absolute Gasteiger partial charge is 0.241 e. The van der Waals surface area contributed by atoms with E-state index < -0.39 is 15.8 Å². The Labute approximate surface area is 136 Å². The lowest BCUT2D eigenvalue weighted by Gasteiger charge is -2.13. The minimum atomic E-state index is -3.61. The van der Waals surface area contributed by atoms with Crippen molar-refractivity contribution >= 4 is 10.0 Å². The maximum absolute atomic E-state index is 13.0. The lowest BCUT2D eigenvalue weighted by atomic mass is 10.1. The zero-order valence-electron chi connectivity index (χ0n) is 13.4. The van der Waals surface area contributed by atoms with Crippen molar-refractivity contribution in [2.45, 2.75) is 25.7 Å². The van der Waals surface area contributed by atoms with E-state index in [4.69, 9.17) is 4.74 Å². The van der Waals surface area contributed by atoms with Crippen molar-refractivity contribution in [3.05, 3.63) is 58.9 Å². The summed E-state index contributed by atoms with van der Waals surface area (Å²) in [6, 6.07) is 9.40. The quantitative estimate of drug-likeness (QED) is 0.824. The molecule has 6 heteroatoms. The number of nitrogens with one attached hydrogen (secondary N) is 1. The second-order valence-corrected chi connectivity index (χ2v) is 7.14. The van der Waals surface area contributed by atoms with Crippen LogP contribution in [0.5, 0.6) is 5.75 Å². The molecule has 2 rings (SSSR count). The molecule has 0 aliphatic heterocycles. The second-order valence-electron chi connectivity index (χ2n) is 5.43. The molecule has 0 fully saturated rings. The van der Waals surface area contributed by atoms with Crippen LogP contribution in [0.4, 0.5) is 4.39 Å². The number of hydrogen-bond acceptors (Lipinski definition) is 3. The van der Waals surface area contributed by atoms with Crippen molar-refractivity contribution in [2.75, 3.05) is 13.2 Å². The summed E-state index contributed by atoms with van der Waals surface area (Å²) in [5.74, 6) is -0.0270. The third-order valence-electron chi connectivity index (χ3n) is 3.33. The zero-order valence-corrected chi connectivity index (χ0v) is 14.2. The van der Waals surface area contributed by atoms with Gasteiger partial charge in [0.15, 0.2) is 0 Å². The van der Waals surface area contributed by atoms with Gasteiger partial charge in [0.05, 0.1) is 4.90 Å². The average molecular weight is 337 g/mol. The molecule has 0 amide bonds. The molecule has 0 aliphatic carbocycles. The number of benzene rings is 2. The summed E-state index contributed by atoms with van der Waals surface area (Å²) in [7, 11) is -3.61. The third kappa shape index (κ3) is 4.53. The highest BCUT2D eigenvalue weighted by molar-refractivity contribution is 7.89. The first-order valence-electron chi connectivity index (χ1n) is 7.25. The fourth-order valence-corrected chi connectivity index (χ4v) is 4.03. The molecular formula is C17H20FNO3S. The van der Waals surface area contributed by atoms with E-state index in [0.717, 1.165) is 5.56 Å². The summed E-state index contributed by atoms with van der Waals surface area (Å²) in [4.78, 5) is 0.300. The highest BCUT2D eigenvalue weighted by Gasteiger charge is 2.19. The number of hydrogen-bond donors (Lipinski definition) is 1. The standard InChI is InChI=1S/C17H20FNO3S/c1-12-9-13(2)17(14(3)10-12)23(20,21)19-7-8-22-16-6-4-5-15(18)11-16/h4-6,9-11,19H,7-8H2,1-3H3. The molecule has 2 aromatic carbocycles. The van der Waals surface area contributed by atoms with Crippen molar-refractivity contribution in [1.29, 1.82) is 0 Å². The Morgan fingerprint density at radius 3 is 2.35 bits per heavy atom. The van der Waals surface area contributed by atoms with Crippen LogP contribution >= 0.6 is 0 Å². The van der Waals surface area contributed by atoms with Crippen LogP contribution in [0, 0.1) is 26.6 Å². The average Bonchev–Trinajstić information content (AvgIpc) is 2.42. The normalized spacial score (nSPS) is 11.5. The maximum atomic E-state index is 13.0. The molecule has 124 valence electrons. The molecule has 23 heavy (non-hydrogen) atoms. The maximum Gasteiger partial charge on any atom is 0.241 e. The van der Waals surface area contributed by atoms with Gasteiger partial charge in [-0.05, 0) is 44.0 Å². The van der Waals surface area contributed by atoms with E-state index in [1.165, 1.54) is 18.2 Å². The van der Waals surface area contributed by atoms with Crippen LogP contribution in [-0.2, 0) is 10.0 Å². The molecule has 1 N–H and O–H groups in total. The molecular weight excluding hydrogens is 317 g/mol. The lowest BCUT2D eigenvalue weighted by Crippen LogP contribution is -2.29. The van der Waals surface area contributed by atoms with E-state index >= 15 is 0 Å². The summed E-state index contributed by atoms with van der Waals surface area (Å²) < 4.78 is 45.7. The van der Waals surface area contributed by atoms with Crippen LogP contribution in [0.2, 0.25) is 0 Å². The van der Waals surface area contributed by atoms with Gasteiger partial charge >= 0.3 is 0 Å². The first-order valence-corrected chi connectivity index (χ1v) is 8.74. The fraction of sp³-hybridized carbons (Fsp3) is 0.294. The summed E-state index contributed by atoms with van der Waals surface area (Å²) >= 11 is 0. The third-order valence-corrected chi connectivity index (χ3v) is 5.10. The highest BCUT2D eigenvalue weighted by Crippen LogP contribution is 2.21. The van der Waals surface area contributed by atoms with Gasteiger partial charge in [0.1, 0.15) is 18.2 Å². The number of sulfonamides is 1. The predicted octanol–water partition coefficient (Wildman–Crippen LogP) is 3.11. The van der Waals surface area contributed by atoms with E-state index in [9.17, 15) is 12.8 Å². The molecule has 0 aromatic heterocycles. The molecule has 0 bridgehead atoms. The first kappa shape index (κ1) is 17.4. The largest absolute Gasteiger partial charge is 0.492 e. The Kier molecular flexibility index (Phi) is 5.38. The zero-order chi connectivity index (χ0) is 17.0. The van der Waals surface area contributed by atoms with E-state index in [1.54, 1.807) is 19.9 Å². The van der Waals surface area contributed by atoms with Gasteiger partial charge in [0.2, 0.25) is 10.0 Å². The SMILES string of the molecule is Cc1cc(C)c(S(=O)(=O)NCCOc2cccc(F)c2)c(C)c1. The van der Waals surface area contributed by atoms with Crippen molar-refractivity contribution < 1.29 is 17.5 Å². The van der Waals surface area contributed by atoms with Crippen LogP contribution in [0.3, 0.4) is 0 Å². The summed E-state index contributed by atoms with van der Waals surface area (Å²) in [5.41, 5.74) is 2.44. The van der Waals surface area contributed by atoms with Gasteiger partial charge in [-0.3, -0.25) is 0 Å². The predicted molar refractivity (Wildman–Crippen MR) is 87.7 cm³/mol. The van der Waals surface area contributed by atoms with Crippen molar-refractivity contribution in [2.24, 2.45) is 0 Å². The molecule has 0 saturated heterocycles. The highest BCUT2D eigenvalue weighted by atomic mass is 32.2. The van der Waals surface area contributed by atoms with Crippen molar-refractivity contribution in [3.8, 4) is 5.75 Å². The minimum absolute atomic E-state index is 0.103. The molecule has 0 aliphatic rings. The van der Waals surface area contributed by atoms with E-state index in [1.807, 2.05) is 19.1 Å². The van der Waals surface area contributed by atoms with Gasteiger partial charge in [0.25, 0.3) is 0 Å². The minimum Gasteiger partial charge on any atom is -0.492 e. The Bertz CT molecular complexity index is 780. The van der Waals surface area contributed by atoms with E-state index in [2.05, 4.69) is 4.72 Å². The fourth-order valence-electron chi connectivity index (χ4n) is 2.56. The molecule has 0 saturated carbocycles. The van der Waals surface area contributed by atoms with Gasteiger partial charge in [0, 0.05) is 12.6 Å². The van der Waals surface area contributed by atoms with E-state index in [-0.39, 0.29) is 13.2 Å². The van der Waals surface area contributed by atoms with Gasteiger partial charge < -0.3 is 4.74 Å².